The van der Waals surface area contributed by atoms with E-state index in [-0.39, 0.29) is 30.2 Å². The summed E-state index contributed by atoms with van der Waals surface area (Å²) in [5.41, 5.74) is 4.65. The van der Waals surface area contributed by atoms with E-state index in [4.69, 9.17) is 10.5 Å². The predicted octanol–water partition coefficient (Wildman–Crippen LogP) is 1.35. The van der Waals surface area contributed by atoms with E-state index >= 15 is 0 Å². The minimum Gasteiger partial charge on any atom is -0.478 e. The van der Waals surface area contributed by atoms with Crippen molar-refractivity contribution in [1.82, 2.24) is 15.5 Å². The number of piperidine rings is 1. The van der Waals surface area contributed by atoms with Crippen LogP contribution in [-0.2, 0) is 24.0 Å². The number of para-hydroxylation sites is 2. The van der Waals surface area contributed by atoms with Gasteiger partial charge in [0.2, 0.25) is 17.7 Å². The fraction of sp³-hybridized carbons (Fsp3) is 0.607. The molecule has 1 saturated heterocycles. The van der Waals surface area contributed by atoms with Crippen molar-refractivity contribution >= 4 is 35.2 Å². The molecule has 2 aliphatic heterocycles. The van der Waals surface area contributed by atoms with Crippen LogP contribution in [-0.4, -0.2) is 78.4 Å². The van der Waals surface area contributed by atoms with Crippen LogP contribution in [0.2, 0.25) is 0 Å². The molecule has 14 heteroatoms. The first-order valence-electron chi connectivity index (χ1n) is 13.6. The summed E-state index contributed by atoms with van der Waals surface area (Å²) in [6, 6.07) is 2.72. The van der Waals surface area contributed by atoms with E-state index in [0.717, 1.165) is 0 Å². The van der Waals surface area contributed by atoms with E-state index in [9.17, 15) is 37.1 Å². The van der Waals surface area contributed by atoms with Crippen LogP contribution in [0.3, 0.4) is 0 Å². The molecule has 42 heavy (non-hydrogen) atoms. The zero-order valence-corrected chi connectivity index (χ0v) is 24.2. The summed E-state index contributed by atoms with van der Waals surface area (Å²) in [7, 11) is 1.55. The second kappa shape index (κ2) is 10.5. The molecular formula is C28H36F3N5O6. The van der Waals surface area contributed by atoms with Gasteiger partial charge in [0.15, 0.2) is 6.10 Å². The van der Waals surface area contributed by atoms with Crippen molar-refractivity contribution in [2.45, 2.75) is 71.4 Å². The minimum absolute atomic E-state index is 0.0795. The van der Waals surface area contributed by atoms with E-state index in [0.29, 0.717) is 11.4 Å². The van der Waals surface area contributed by atoms with Gasteiger partial charge in [-0.2, -0.15) is 13.2 Å². The average Bonchev–Trinajstić information content (AvgIpc) is 3.21. The van der Waals surface area contributed by atoms with Gasteiger partial charge in [-0.15, -0.1) is 0 Å². The molecule has 4 rings (SSSR count). The van der Waals surface area contributed by atoms with Gasteiger partial charge in [-0.05, 0) is 34.8 Å². The summed E-state index contributed by atoms with van der Waals surface area (Å²) < 4.78 is 45.0. The molecule has 11 nitrogen and oxygen atoms in total. The van der Waals surface area contributed by atoms with Gasteiger partial charge in [-0.1, -0.05) is 46.8 Å². The van der Waals surface area contributed by atoms with E-state index in [1.54, 1.807) is 36.6 Å². The fourth-order valence-corrected chi connectivity index (χ4v) is 6.08. The molecule has 1 aliphatic carbocycles. The molecule has 0 bridgehead atoms. The highest BCUT2D eigenvalue weighted by Gasteiger charge is 2.70. The van der Waals surface area contributed by atoms with Crippen molar-refractivity contribution in [3.05, 3.63) is 24.3 Å². The van der Waals surface area contributed by atoms with Crippen molar-refractivity contribution < 1.29 is 41.9 Å². The number of nitrogens with one attached hydrogen (secondary N) is 2. The lowest BCUT2D eigenvalue weighted by molar-refractivity contribution is -0.176. The minimum atomic E-state index is -5.21. The van der Waals surface area contributed by atoms with Crippen molar-refractivity contribution in [2.75, 3.05) is 18.5 Å². The number of likely N-dealkylation sites (N-methyl/N-ethyl adjacent to an activating group) is 1. The maximum absolute atomic E-state index is 13.7. The van der Waals surface area contributed by atoms with Crippen LogP contribution in [0.5, 0.6) is 5.75 Å². The molecule has 0 aromatic heterocycles. The SMILES string of the molecule is CN1C(=O)[C@H](CC(NC(=O)[C@@H]2[C@@H]3[C@H](CN2C(=O)C(NC(=O)C(F)(F)F)C(C)(C)C)C3(C)C)C(N)=O)Oc2ccccc21. The first kappa shape index (κ1) is 31.1. The summed E-state index contributed by atoms with van der Waals surface area (Å²) in [6.45, 7) is 8.40. The monoisotopic (exact) mass is 595 g/mol. The number of nitrogens with two attached hydrogens (primary N) is 1. The molecule has 2 fully saturated rings. The number of ether oxygens (including phenoxy) is 1. The van der Waals surface area contributed by atoms with Crippen molar-refractivity contribution in [3.63, 3.8) is 0 Å². The van der Waals surface area contributed by atoms with E-state index < -0.39 is 65.4 Å². The third-order valence-electron chi connectivity index (χ3n) is 8.62. The maximum atomic E-state index is 13.7. The molecule has 5 amide bonds. The Morgan fingerprint density at radius 2 is 1.74 bits per heavy atom. The van der Waals surface area contributed by atoms with Crippen molar-refractivity contribution in [2.24, 2.45) is 28.4 Å². The topological polar surface area (TPSA) is 151 Å². The van der Waals surface area contributed by atoms with Gasteiger partial charge in [0, 0.05) is 20.0 Å². The molecule has 1 aromatic rings. The lowest BCUT2D eigenvalue weighted by Gasteiger charge is -2.38. The third kappa shape index (κ3) is 5.62. The fourth-order valence-electron chi connectivity index (χ4n) is 6.08. The molecule has 6 atom stereocenters. The summed E-state index contributed by atoms with van der Waals surface area (Å²) in [4.78, 5) is 67.2. The number of carbonyl (C=O) groups excluding carboxylic acids is 5. The molecule has 1 saturated carbocycles. The number of hydrogen-bond acceptors (Lipinski definition) is 6. The Bertz CT molecular complexity index is 1310. The quantitative estimate of drug-likeness (QED) is 0.433. The molecule has 4 N–H and O–H groups in total. The average molecular weight is 596 g/mol. The molecular weight excluding hydrogens is 559 g/mol. The molecule has 2 unspecified atom stereocenters. The van der Waals surface area contributed by atoms with Gasteiger partial charge in [-0.3, -0.25) is 24.0 Å². The Kier molecular flexibility index (Phi) is 7.75. The molecule has 1 aromatic carbocycles. The van der Waals surface area contributed by atoms with Crippen LogP contribution in [0.4, 0.5) is 18.9 Å². The normalized spacial score (nSPS) is 25.9. The third-order valence-corrected chi connectivity index (χ3v) is 8.62. The second-order valence-corrected chi connectivity index (χ2v) is 12.8. The van der Waals surface area contributed by atoms with Crippen LogP contribution < -0.4 is 26.0 Å². The Labute approximate surface area is 241 Å². The van der Waals surface area contributed by atoms with Gasteiger partial charge < -0.3 is 30.9 Å². The van der Waals surface area contributed by atoms with Gasteiger partial charge in [0.1, 0.15) is 23.9 Å². The number of rotatable bonds is 7. The summed E-state index contributed by atoms with van der Waals surface area (Å²) in [6.07, 6.45) is -6.64. The maximum Gasteiger partial charge on any atom is 0.471 e. The number of carbonyl (C=O) groups is 5. The van der Waals surface area contributed by atoms with Gasteiger partial charge in [0.05, 0.1) is 5.69 Å². The van der Waals surface area contributed by atoms with Gasteiger partial charge in [-0.25, -0.2) is 0 Å². The largest absolute Gasteiger partial charge is 0.478 e. The summed E-state index contributed by atoms with van der Waals surface area (Å²) in [5.74, 6) is -5.31. The number of primary amides is 1. The van der Waals surface area contributed by atoms with Crippen LogP contribution in [0.25, 0.3) is 0 Å². The van der Waals surface area contributed by atoms with Crippen LogP contribution in [0, 0.1) is 22.7 Å². The molecule has 0 spiro atoms. The molecule has 3 aliphatic rings. The zero-order valence-electron chi connectivity index (χ0n) is 24.2. The van der Waals surface area contributed by atoms with Gasteiger partial charge >= 0.3 is 12.1 Å². The number of likely N-dealkylation sites (tertiary alicyclic amines) is 1. The van der Waals surface area contributed by atoms with E-state index in [1.807, 2.05) is 13.8 Å². The number of halogens is 3. The standard InChI is InChI=1S/C28H36F3N5O6/c1-26(2,3)20(34-25(41)28(29,30)31)24(40)36-12-13-18(27(13,4)5)19(36)22(38)33-14(21(32)37)11-17-23(39)35(6)15-9-7-8-10-16(15)42-17/h7-10,13-14,17-20H,11-12H2,1-6H3,(H2,32,37)(H,33,38)(H,34,41)/t13-,14?,17-,18-,19-,20?/m0/s1. The number of hydrogen-bond donors (Lipinski definition) is 3. The number of anilines is 1. The number of nitrogens with zero attached hydrogens (tertiary/aromatic N) is 2. The summed E-state index contributed by atoms with van der Waals surface area (Å²) in [5, 5.41) is 4.36. The lowest BCUT2D eigenvalue weighted by Crippen LogP contribution is -2.61. The number of benzene rings is 1. The summed E-state index contributed by atoms with van der Waals surface area (Å²) >= 11 is 0. The van der Waals surface area contributed by atoms with Crippen LogP contribution in [0.15, 0.2) is 24.3 Å². The second-order valence-electron chi connectivity index (χ2n) is 12.8. The molecule has 230 valence electrons. The smallest absolute Gasteiger partial charge is 0.471 e. The van der Waals surface area contributed by atoms with E-state index in [1.165, 1.54) is 30.6 Å². The van der Waals surface area contributed by atoms with Crippen molar-refractivity contribution in [3.8, 4) is 5.75 Å². The van der Waals surface area contributed by atoms with Crippen LogP contribution >= 0.6 is 0 Å². The van der Waals surface area contributed by atoms with E-state index in [2.05, 4.69) is 5.32 Å². The Morgan fingerprint density at radius 3 is 2.31 bits per heavy atom. The number of amides is 5. The highest BCUT2D eigenvalue weighted by molar-refractivity contribution is 6.00. The number of alkyl halides is 3. The van der Waals surface area contributed by atoms with Crippen molar-refractivity contribution in [1.29, 1.82) is 0 Å². The first-order valence-corrected chi connectivity index (χ1v) is 13.6. The molecule has 2 heterocycles. The Morgan fingerprint density at radius 1 is 1.12 bits per heavy atom. The Balaban J connectivity index is 1.56. The highest BCUT2D eigenvalue weighted by Crippen LogP contribution is 2.65. The lowest BCUT2D eigenvalue weighted by atomic mass is 9.85. The number of fused-ring (bicyclic) bond motifs is 2. The van der Waals surface area contributed by atoms with Gasteiger partial charge in [0.25, 0.3) is 5.91 Å². The van der Waals surface area contributed by atoms with Crippen LogP contribution in [0.1, 0.15) is 41.0 Å². The first-order chi connectivity index (χ1) is 19.3. The predicted molar refractivity (Wildman–Crippen MR) is 144 cm³/mol. The zero-order chi connectivity index (χ0) is 31.5. The highest BCUT2D eigenvalue weighted by atomic mass is 19.4. The molecule has 0 radical (unpaired) electrons. The Hall–Kier alpha value is -3.84.